The second kappa shape index (κ2) is 3.25. The van der Waals surface area contributed by atoms with Gasteiger partial charge in [0.25, 0.3) is 0 Å². The zero-order valence-corrected chi connectivity index (χ0v) is 8.26. The molecule has 0 radical (unpaired) electrons. The van der Waals surface area contributed by atoms with E-state index in [0.717, 1.165) is 23.8 Å². The average molecular weight is 180 g/mol. The highest BCUT2D eigenvalue weighted by Gasteiger charge is 2.41. The molecule has 3 fully saturated rings. The Bertz CT molecular complexity index is 169. The van der Waals surface area contributed by atoms with Gasteiger partial charge in [0.2, 0.25) is 0 Å². The normalized spacial score (nSPS) is 29.3. The second-order valence-corrected chi connectivity index (χ2v) is 5.10. The van der Waals surface area contributed by atoms with Gasteiger partial charge in [-0.15, -0.1) is 0 Å². The van der Waals surface area contributed by atoms with Crippen molar-refractivity contribution in [1.29, 1.82) is 0 Å². The Kier molecular flexibility index (Phi) is 2.06. The topological polar surface area (TPSA) is 24.1 Å². The fraction of sp³-hybridized carbons (Fsp3) is 1.00. The van der Waals surface area contributed by atoms with Crippen LogP contribution in [0.1, 0.15) is 25.7 Å². The van der Waals surface area contributed by atoms with Crippen LogP contribution < -0.4 is 10.6 Å². The maximum Gasteiger partial charge on any atom is 0.0317 e. The van der Waals surface area contributed by atoms with Gasteiger partial charge in [-0.05, 0) is 50.0 Å². The van der Waals surface area contributed by atoms with Gasteiger partial charge in [-0.25, -0.2) is 0 Å². The summed E-state index contributed by atoms with van der Waals surface area (Å²) >= 11 is 0. The molecule has 74 valence electrons. The molecule has 3 rings (SSSR count). The van der Waals surface area contributed by atoms with E-state index in [1.807, 2.05) is 0 Å². The minimum absolute atomic E-state index is 0.792. The molecule has 0 aromatic carbocycles. The Morgan fingerprint density at radius 2 is 1.69 bits per heavy atom. The third kappa shape index (κ3) is 1.89. The lowest BCUT2D eigenvalue weighted by Crippen LogP contribution is -2.56. The number of nitrogens with one attached hydrogen (secondary N) is 2. The molecule has 0 aromatic heterocycles. The van der Waals surface area contributed by atoms with Crippen LogP contribution in [0.15, 0.2) is 0 Å². The highest BCUT2D eigenvalue weighted by atomic mass is 15.1. The largest absolute Gasteiger partial charge is 0.314 e. The molecule has 1 saturated heterocycles. The summed E-state index contributed by atoms with van der Waals surface area (Å²) in [6, 6.07) is 0.792. The number of hydrogen-bond donors (Lipinski definition) is 2. The van der Waals surface area contributed by atoms with E-state index in [9.17, 15) is 0 Å². The van der Waals surface area contributed by atoms with Crippen molar-refractivity contribution < 1.29 is 0 Å². The predicted octanol–water partition coefficient (Wildman–Crippen LogP) is 0.984. The summed E-state index contributed by atoms with van der Waals surface area (Å²) in [4.78, 5) is 0. The Morgan fingerprint density at radius 1 is 1.08 bits per heavy atom. The number of hydrogen-bond acceptors (Lipinski definition) is 2. The smallest absolute Gasteiger partial charge is 0.0317 e. The van der Waals surface area contributed by atoms with Gasteiger partial charge in [0.15, 0.2) is 0 Å². The van der Waals surface area contributed by atoms with E-state index >= 15 is 0 Å². The molecule has 0 unspecified atom stereocenters. The third-order valence-electron chi connectivity index (χ3n) is 3.88. The van der Waals surface area contributed by atoms with Crippen LogP contribution in [0, 0.1) is 17.8 Å². The SMILES string of the molecule is C1NCC1NCC(C1CC1)C1CC1. The summed E-state index contributed by atoms with van der Waals surface area (Å²) in [5.41, 5.74) is 0. The second-order valence-electron chi connectivity index (χ2n) is 5.10. The highest BCUT2D eigenvalue weighted by Crippen LogP contribution is 2.48. The van der Waals surface area contributed by atoms with Gasteiger partial charge >= 0.3 is 0 Å². The monoisotopic (exact) mass is 180 g/mol. The van der Waals surface area contributed by atoms with Crippen molar-refractivity contribution >= 4 is 0 Å². The molecular formula is C11H20N2. The highest BCUT2D eigenvalue weighted by molar-refractivity contribution is 4.94. The molecular weight excluding hydrogens is 160 g/mol. The van der Waals surface area contributed by atoms with Crippen LogP contribution >= 0.6 is 0 Å². The van der Waals surface area contributed by atoms with Crippen molar-refractivity contribution in [3.63, 3.8) is 0 Å². The predicted molar refractivity (Wildman–Crippen MR) is 53.6 cm³/mol. The van der Waals surface area contributed by atoms with Gasteiger partial charge in [0, 0.05) is 19.1 Å². The van der Waals surface area contributed by atoms with E-state index in [2.05, 4.69) is 10.6 Å². The fourth-order valence-electron chi connectivity index (χ4n) is 2.50. The Balaban J connectivity index is 1.44. The third-order valence-corrected chi connectivity index (χ3v) is 3.88. The first kappa shape index (κ1) is 8.25. The van der Waals surface area contributed by atoms with Gasteiger partial charge in [0.05, 0.1) is 0 Å². The van der Waals surface area contributed by atoms with Crippen molar-refractivity contribution in [3.05, 3.63) is 0 Å². The first-order valence-electron chi connectivity index (χ1n) is 5.87. The summed E-state index contributed by atoms with van der Waals surface area (Å²) in [6.07, 6.45) is 6.08. The first-order chi connectivity index (χ1) is 6.43. The molecule has 0 amide bonds. The number of rotatable bonds is 5. The summed E-state index contributed by atoms with van der Waals surface area (Å²) in [6.45, 7) is 3.70. The van der Waals surface area contributed by atoms with E-state index < -0.39 is 0 Å². The van der Waals surface area contributed by atoms with Crippen molar-refractivity contribution in [3.8, 4) is 0 Å². The van der Waals surface area contributed by atoms with Crippen LogP contribution in [0.25, 0.3) is 0 Å². The first-order valence-corrected chi connectivity index (χ1v) is 5.87. The molecule has 1 aliphatic heterocycles. The van der Waals surface area contributed by atoms with Crippen LogP contribution in [0.2, 0.25) is 0 Å². The van der Waals surface area contributed by atoms with Crippen LogP contribution in [0.5, 0.6) is 0 Å². The van der Waals surface area contributed by atoms with Gasteiger partial charge in [-0.1, -0.05) is 0 Å². The van der Waals surface area contributed by atoms with E-state index in [-0.39, 0.29) is 0 Å². The lowest BCUT2D eigenvalue weighted by Gasteiger charge is -2.30. The van der Waals surface area contributed by atoms with E-state index in [0.29, 0.717) is 0 Å². The minimum atomic E-state index is 0.792. The summed E-state index contributed by atoms with van der Waals surface area (Å²) in [5.74, 6) is 3.25. The Morgan fingerprint density at radius 3 is 2.08 bits per heavy atom. The van der Waals surface area contributed by atoms with Gasteiger partial charge in [0.1, 0.15) is 0 Å². The van der Waals surface area contributed by atoms with Crippen LogP contribution in [0.3, 0.4) is 0 Å². The molecule has 0 spiro atoms. The summed E-state index contributed by atoms with van der Waals surface area (Å²) in [5, 5.41) is 7.01. The maximum absolute atomic E-state index is 3.70. The Hall–Kier alpha value is -0.0800. The van der Waals surface area contributed by atoms with Gasteiger partial charge in [-0.3, -0.25) is 0 Å². The molecule has 2 saturated carbocycles. The molecule has 1 heterocycles. The molecule has 3 aliphatic rings. The maximum atomic E-state index is 3.70. The standard InChI is InChI=1S/C11H20N2/c1-2-8(1)11(9-3-4-9)7-13-10-5-12-6-10/h8-13H,1-7H2. The van der Waals surface area contributed by atoms with Crippen molar-refractivity contribution in [2.45, 2.75) is 31.7 Å². The summed E-state index contributed by atoms with van der Waals surface area (Å²) < 4.78 is 0. The molecule has 0 bridgehead atoms. The quantitative estimate of drug-likeness (QED) is 0.659. The van der Waals surface area contributed by atoms with E-state index in [1.165, 1.54) is 45.3 Å². The van der Waals surface area contributed by atoms with E-state index in [1.54, 1.807) is 0 Å². The van der Waals surface area contributed by atoms with Crippen LogP contribution in [0.4, 0.5) is 0 Å². The molecule has 0 aromatic rings. The van der Waals surface area contributed by atoms with Gasteiger partial charge in [-0.2, -0.15) is 0 Å². The zero-order chi connectivity index (χ0) is 8.67. The average Bonchev–Trinajstić information content (AvgIpc) is 2.84. The zero-order valence-electron chi connectivity index (χ0n) is 8.26. The summed E-state index contributed by atoms with van der Waals surface area (Å²) in [7, 11) is 0. The lowest BCUT2D eigenvalue weighted by atomic mass is 9.97. The molecule has 0 atom stereocenters. The van der Waals surface area contributed by atoms with Crippen molar-refractivity contribution in [2.75, 3.05) is 19.6 Å². The molecule has 2 N–H and O–H groups in total. The molecule has 2 nitrogen and oxygen atoms in total. The van der Waals surface area contributed by atoms with Crippen molar-refractivity contribution in [1.82, 2.24) is 10.6 Å². The van der Waals surface area contributed by atoms with Crippen LogP contribution in [-0.4, -0.2) is 25.7 Å². The van der Waals surface area contributed by atoms with Crippen LogP contribution in [-0.2, 0) is 0 Å². The minimum Gasteiger partial charge on any atom is -0.314 e. The fourth-order valence-corrected chi connectivity index (χ4v) is 2.50. The molecule has 2 heteroatoms. The Labute approximate surface area is 80.5 Å². The lowest BCUT2D eigenvalue weighted by molar-refractivity contribution is 0.307. The molecule has 13 heavy (non-hydrogen) atoms. The molecule has 2 aliphatic carbocycles. The van der Waals surface area contributed by atoms with Gasteiger partial charge < -0.3 is 10.6 Å². The van der Waals surface area contributed by atoms with E-state index in [4.69, 9.17) is 0 Å². The van der Waals surface area contributed by atoms with Crippen molar-refractivity contribution in [2.24, 2.45) is 17.8 Å².